The molecule has 0 aliphatic heterocycles. The summed E-state index contributed by atoms with van der Waals surface area (Å²) in [6.07, 6.45) is 4.56. The fourth-order valence-corrected chi connectivity index (χ4v) is 3.97. The van der Waals surface area contributed by atoms with Crippen LogP contribution in [-0.4, -0.2) is 29.3 Å². The minimum Gasteiger partial charge on any atom is -0.297 e. The Bertz CT molecular complexity index is 506. The zero-order chi connectivity index (χ0) is 15.5. The van der Waals surface area contributed by atoms with E-state index in [0.29, 0.717) is 16.5 Å². The second kappa shape index (κ2) is 7.13. The summed E-state index contributed by atoms with van der Waals surface area (Å²) in [7, 11) is 0. The second-order valence-electron chi connectivity index (χ2n) is 5.72. The van der Waals surface area contributed by atoms with Gasteiger partial charge in [0.25, 0.3) is 0 Å². The van der Waals surface area contributed by atoms with Gasteiger partial charge in [-0.25, -0.2) is 0 Å². The summed E-state index contributed by atoms with van der Waals surface area (Å²) in [5.74, 6) is 0.285. The maximum Gasteiger partial charge on any atom is 0.157 e. The van der Waals surface area contributed by atoms with Crippen LogP contribution in [0, 0.1) is 0 Å². The molecule has 0 atom stereocenters. The SMILES string of the molecule is CCN(CC)C1(C(=O)Cc2cccc(Cl)c2Cl)CCCC1. The van der Waals surface area contributed by atoms with Crippen LogP contribution in [0.2, 0.25) is 10.0 Å². The van der Waals surface area contributed by atoms with Gasteiger partial charge in [-0.05, 0) is 37.6 Å². The Hall–Kier alpha value is -0.570. The van der Waals surface area contributed by atoms with Crippen LogP contribution in [-0.2, 0) is 11.2 Å². The van der Waals surface area contributed by atoms with Gasteiger partial charge < -0.3 is 0 Å². The normalized spacial score (nSPS) is 17.4. The lowest BCUT2D eigenvalue weighted by Gasteiger charge is -2.39. The van der Waals surface area contributed by atoms with Crippen molar-refractivity contribution in [2.24, 2.45) is 0 Å². The van der Waals surface area contributed by atoms with E-state index in [1.807, 2.05) is 12.1 Å². The average molecular weight is 328 g/mol. The fraction of sp³-hybridized carbons (Fsp3) is 0.588. The van der Waals surface area contributed by atoms with Gasteiger partial charge in [0.2, 0.25) is 0 Å². The molecule has 4 heteroatoms. The zero-order valence-corrected chi connectivity index (χ0v) is 14.3. The van der Waals surface area contributed by atoms with Gasteiger partial charge in [-0.3, -0.25) is 9.69 Å². The van der Waals surface area contributed by atoms with Gasteiger partial charge in [0.15, 0.2) is 5.78 Å². The van der Waals surface area contributed by atoms with Gasteiger partial charge in [0.05, 0.1) is 15.6 Å². The van der Waals surface area contributed by atoms with E-state index in [1.165, 1.54) is 0 Å². The molecule has 2 nitrogen and oxygen atoms in total. The second-order valence-corrected chi connectivity index (χ2v) is 6.51. The topological polar surface area (TPSA) is 20.3 Å². The number of hydrogen-bond donors (Lipinski definition) is 0. The first kappa shape index (κ1) is 16.8. The molecule has 1 saturated carbocycles. The number of carbonyl (C=O) groups excluding carboxylic acids is 1. The van der Waals surface area contributed by atoms with E-state index < -0.39 is 0 Å². The van der Waals surface area contributed by atoms with Crippen molar-refractivity contribution >= 4 is 29.0 Å². The van der Waals surface area contributed by atoms with Crippen LogP contribution in [0.4, 0.5) is 0 Å². The number of ketones is 1. The van der Waals surface area contributed by atoms with E-state index in [2.05, 4.69) is 18.7 Å². The summed E-state index contributed by atoms with van der Waals surface area (Å²) in [4.78, 5) is 15.3. The lowest BCUT2D eigenvalue weighted by molar-refractivity contribution is -0.130. The van der Waals surface area contributed by atoms with Crippen molar-refractivity contribution in [2.75, 3.05) is 13.1 Å². The molecular weight excluding hydrogens is 305 g/mol. The van der Waals surface area contributed by atoms with E-state index in [9.17, 15) is 4.79 Å². The molecule has 0 aromatic heterocycles. The molecule has 21 heavy (non-hydrogen) atoms. The van der Waals surface area contributed by atoms with Crippen molar-refractivity contribution in [1.82, 2.24) is 4.90 Å². The van der Waals surface area contributed by atoms with Crippen LogP contribution in [0.25, 0.3) is 0 Å². The molecule has 1 fully saturated rings. The lowest BCUT2D eigenvalue weighted by Crippen LogP contribution is -2.53. The predicted octanol–water partition coefficient (Wildman–Crippen LogP) is 4.76. The Morgan fingerprint density at radius 2 is 1.81 bits per heavy atom. The van der Waals surface area contributed by atoms with Crippen LogP contribution in [0.5, 0.6) is 0 Å². The lowest BCUT2D eigenvalue weighted by atomic mass is 9.86. The number of likely N-dealkylation sites (N-methyl/N-ethyl adjacent to an activating group) is 1. The van der Waals surface area contributed by atoms with Crippen molar-refractivity contribution in [2.45, 2.75) is 51.5 Å². The zero-order valence-electron chi connectivity index (χ0n) is 12.8. The average Bonchev–Trinajstić information content (AvgIpc) is 2.96. The van der Waals surface area contributed by atoms with E-state index >= 15 is 0 Å². The fourth-order valence-electron chi connectivity index (χ4n) is 3.58. The number of hydrogen-bond acceptors (Lipinski definition) is 2. The molecule has 1 aromatic carbocycles. The first-order valence-electron chi connectivity index (χ1n) is 7.76. The Balaban J connectivity index is 2.25. The van der Waals surface area contributed by atoms with Gasteiger partial charge in [-0.15, -0.1) is 0 Å². The third kappa shape index (κ3) is 3.28. The first-order valence-corrected chi connectivity index (χ1v) is 8.52. The van der Waals surface area contributed by atoms with Gasteiger partial charge in [-0.2, -0.15) is 0 Å². The molecule has 0 amide bonds. The highest BCUT2D eigenvalue weighted by Crippen LogP contribution is 2.37. The summed E-state index contributed by atoms with van der Waals surface area (Å²) in [5, 5.41) is 1.03. The number of rotatable bonds is 6. The van der Waals surface area contributed by atoms with Crippen LogP contribution in [0.3, 0.4) is 0 Å². The Morgan fingerprint density at radius 3 is 2.38 bits per heavy atom. The third-order valence-electron chi connectivity index (χ3n) is 4.70. The Morgan fingerprint density at radius 1 is 1.19 bits per heavy atom. The van der Waals surface area contributed by atoms with Gasteiger partial charge in [-0.1, -0.05) is 62.0 Å². The molecule has 0 radical (unpaired) electrons. The number of benzene rings is 1. The van der Waals surface area contributed by atoms with Crippen LogP contribution in [0.1, 0.15) is 45.1 Å². The van der Waals surface area contributed by atoms with Crippen molar-refractivity contribution in [3.63, 3.8) is 0 Å². The maximum atomic E-state index is 13.0. The smallest absolute Gasteiger partial charge is 0.157 e. The van der Waals surface area contributed by atoms with Crippen LogP contribution < -0.4 is 0 Å². The van der Waals surface area contributed by atoms with Crippen molar-refractivity contribution in [3.05, 3.63) is 33.8 Å². The molecule has 0 unspecified atom stereocenters. The summed E-state index contributed by atoms with van der Waals surface area (Å²) in [5.41, 5.74) is 0.544. The number of Topliss-reactive ketones (excluding diaryl/α,β-unsaturated/α-hetero) is 1. The molecule has 0 heterocycles. The minimum absolute atomic E-state index is 0.285. The number of halogens is 2. The van der Waals surface area contributed by atoms with E-state index in [-0.39, 0.29) is 11.3 Å². The molecule has 2 rings (SSSR count). The van der Waals surface area contributed by atoms with Crippen LogP contribution >= 0.6 is 23.2 Å². The molecule has 1 aromatic rings. The van der Waals surface area contributed by atoms with Crippen molar-refractivity contribution in [1.29, 1.82) is 0 Å². The Labute approximate surface area is 137 Å². The molecular formula is C17H23Cl2NO. The monoisotopic (exact) mass is 327 g/mol. The summed E-state index contributed by atoms with van der Waals surface area (Å²) < 4.78 is 0. The molecule has 1 aliphatic rings. The van der Waals surface area contributed by atoms with Crippen molar-refractivity contribution in [3.8, 4) is 0 Å². The third-order valence-corrected chi connectivity index (χ3v) is 5.56. The summed E-state index contributed by atoms with van der Waals surface area (Å²) >= 11 is 12.3. The molecule has 1 aliphatic carbocycles. The minimum atomic E-state index is -0.296. The van der Waals surface area contributed by atoms with Crippen molar-refractivity contribution < 1.29 is 4.79 Å². The highest BCUT2D eigenvalue weighted by atomic mass is 35.5. The van der Waals surface area contributed by atoms with Gasteiger partial charge in [0.1, 0.15) is 0 Å². The highest BCUT2D eigenvalue weighted by molar-refractivity contribution is 6.42. The standard InChI is InChI=1S/C17H23Cl2NO/c1-3-20(4-2)17(10-5-6-11-17)15(21)12-13-8-7-9-14(18)16(13)19/h7-9H,3-6,10-12H2,1-2H3. The van der Waals surface area contributed by atoms with Gasteiger partial charge >= 0.3 is 0 Å². The number of nitrogens with zero attached hydrogens (tertiary/aromatic N) is 1. The highest BCUT2D eigenvalue weighted by Gasteiger charge is 2.44. The summed E-state index contributed by atoms with van der Waals surface area (Å²) in [6.45, 7) is 6.07. The number of carbonyl (C=O) groups is 1. The molecule has 0 saturated heterocycles. The quantitative estimate of drug-likeness (QED) is 0.750. The van der Waals surface area contributed by atoms with E-state index in [4.69, 9.17) is 23.2 Å². The molecule has 0 N–H and O–H groups in total. The first-order chi connectivity index (χ1) is 10.0. The van der Waals surface area contributed by atoms with E-state index in [1.54, 1.807) is 6.07 Å². The summed E-state index contributed by atoms with van der Waals surface area (Å²) in [6, 6.07) is 5.51. The van der Waals surface area contributed by atoms with E-state index in [0.717, 1.165) is 44.3 Å². The molecule has 0 bridgehead atoms. The molecule has 0 spiro atoms. The maximum absolute atomic E-state index is 13.0. The predicted molar refractivity (Wildman–Crippen MR) is 89.3 cm³/mol. The van der Waals surface area contributed by atoms with Gasteiger partial charge in [0, 0.05) is 6.42 Å². The van der Waals surface area contributed by atoms with Crippen LogP contribution in [0.15, 0.2) is 18.2 Å². The Kier molecular flexibility index (Phi) is 5.70. The largest absolute Gasteiger partial charge is 0.297 e. The molecule has 116 valence electrons.